The van der Waals surface area contributed by atoms with Gasteiger partial charge in [0.1, 0.15) is 0 Å². The Morgan fingerprint density at radius 3 is 1.70 bits per heavy atom. The molecule has 9 heteroatoms. The van der Waals surface area contributed by atoms with Gasteiger partial charge in [-0.25, -0.2) is 0 Å². The zero-order valence-electron chi connectivity index (χ0n) is 27.9. The van der Waals surface area contributed by atoms with Crippen molar-refractivity contribution >= 4 is 20.1 Å². The predicted octanol–water partition coefficient (Wildman–Crippen LogP) is 10.3. The molecule has 4 heterocycles. The van der Waals surface area contributed by atoms with Gasteiger partial charge in [-0.3, -0.25) is 0 Å². The molecule has 1 fully saturated rings. The van der Waals surface area contributed by atoms with E-state index in [1.54, 1.807) is 0 Å². The van der Waals surface area contributed by atoms with Gasteiger partial charge in [0.2, 0.25) is 0 Å². The Kier molecular flexibility index (Phi) is 6.65. The summed E-state index contributed by atoms with van der Waals surface area (Å²) in [6.45, 7) is 22.3. The van der Waals surface area contributed by atoms with Gasteiger partial charge in [0, 0.05) is 0 Å². The number of allylic oxidation sites excluding steroid dienone is 2. The van der Waals surface area contributed by atoms with Gasteiger partial charge in [0.05, 0.1) is 0 Å². The molecule has 4 aliphatic heterocycles. The standard InChI is InChI=1S/C34H50BN2O5P/c1-12-13-21-38-43-36(32-26(24(2)3)17-16-18-27(32)25(4)5)35(39-28-19-14-15-20-29(28)40-35)37(43,22-30(41-43)33(6,7)8)23-31(42-43)34(9,10)11/h14-20,22-25H,12-13,21H2,1-11H3. The van der Waals surface area contributed by atoms with Gasteiger partial charge in [-0.05, 0) is 0 Å². The molecule has 7 nitrogen and oxygen atoms in total. The molecule has 1 saturated heterocycles. The molecule has 0 amide bonds. The number of hydrogen-bond donors (Lipinski definition) is 0. The fraction of sp³-hybridized carbons (Fsp3) is 0.529. The second-order valence-electron chi connectivity index (χ2n) is 15.2. The summed E-state index contributed by atoms with van der Waals surface area (Å²) in [7, 11) is -4.40. The van der Waals surface area contributed by atoms with Crippen molar-refractivity contribution in [1.29, 1.82) is 0 Å². The molecule has 0 aliphatic carbocycles. The molecule has 0 saturated carbocycles. The van der Waals surface area contributed by atoms with Crippen LogP contribution in [0.2, 0.25) is 0 Å². The summed E-state index contributed by atoms with van der Waals surface area (Å²) in [6, 6.07) is 14.6. The molecule has 0 bridgehead atoms. The molecule has 0 radical (unpaired) electrons. The predicted molar refractivity (Wildman–Crippen MR) is 176 cm³/mol. The molecule has 6 rings (SSSR count). The van der Waals surface area contributed by atoms with E-state index in [1.165, 1.54) is 11.1 Å². The summed E-state index contributed by atoms with van der Waals surface area (Å²) in [4.78, 5) is 0. The van der Waals surface area contributed by atoms with Gasteiger partial charge in [0.25, 0.3) is 0 Å². The molecule has 2 aromatic carbocycles. The van der Waals surface area contributed by atoms with E-state index >= 15 is 0 Å². The normalized spacial score (nSPS) is 24.9. The summed E-state index contributed by atoms with van der Waals surface area (Å²) in [5, 5.41) is 0. The Hall–Kier alpha value is -2.67. The van der Waals surface area contributed by atoms with Crippen LogP contribution in [-0.2, 0) is 13.6 Å². The number of unbranched alkanes of at least 4 members (excludes halogenated alkanes) is 1. The van der Waals surface area contributed by atoms with Crippen molar-refractivity contribution in [2.24, 2.45) is 10.8 Å². The molecule has 4 aliphatic rings. The average Bonchev–Trinajstić information content (AvgIpc) is 3.50. The Bertz CT molecular complexity index is 1430. The molecular weight excluding hydrogens is 558 g/mol. The number of quaternary nitrogens is 1. The second-order valence-corrected chi connectivity index (χ2v) is 18.6. The molecule has 0 aromatic heterocycles. The summed E-state index contributed by atoms with van der Waals surface area (Å²) < 4.78 is 39.0. The monoisotopic (exact) mass is 608 g/mol. The first-order valence-electron chi connectivity index (χ1n) is 16.0. The number of rotatable bonds is 7. The number of anilines is 1. The van der Waals surface area contributed by atoms with Gasteiger partial charge < -0.3 is 0 Å². The number of benzene rings is 2. The van der Waals surface area contributed by atoms with Crippen LogP contribution in [0.15, 0.2) is 66.4 Å². The maximum atomic E-state index is 7.46. The van der Waals surface area contributed by atoms with Crippen LogP contribution in [0, 0.1) is 10.8 Å². The first kappa shape index (κ1) is 30.4. The van der Waals surface area contributed by atoms with Crippen LogP contribution in [0.5, 0.6) is 11.5 Å². The molecule has 0 N–H and O–H groups in total. The quantitative estimate of drug-likeness (QED) is 0.177. The average molecular weight is 609 g/mol. The molecular formula is C34H50BN2O5P. The van der Waals surface area contributed by atoms with Crippen LogP contribution in [0.25, 0.3) is 0 Å². The van der Waals surface area contributed by atoms with Crippen molar-refractivity contribution in [2.75, 3.05) is 11.2 Å². The minimum absolute atomic E-state index is 0.104. The molecule has 2 aromatic rings. The molecule has 234 valence electrons. The fourth-order valence-electron chi connectivity index (χ4n) is 6.82. The Balaban J connectivity index is 1.75. The summed E-state index contributed by atoms with van der Waals surface area (Å²) >= 11 is 0. The fourth-order valence-corrected chi connectivity index (χ4v) is 12.3. The van der Waals surface area contributed by atoms with Gasteiger partial charge in [-0.1, -0.05) is 0 Å². The Labute approximate surface area is 258 Å². The molecule has 1 spiro atoms. The van der Waals surface area contributed by atoms with E-state index in [0.29, 0.717) is 18.1 Å². The summed E-state index contributed by atoms with van der Waals surface area (Å²) in [5.41, 5.74) is 2.78. The molecule has 0 atom stereocenters. The van der Waals surface area contributed by atoms with E-state index in [9.17, 15) is 0 Å². The van der Waals surface area contributed by atoms with Crippen LogP contribution < -0.4 is 13.9 Å². The number of fused-ring (bicyclic) bond motifs is 1. The van der Waals surface area contributed by atoms with Crippen LogP contribution in [-0.4, -0.2) is 17.6 Å². The van der Waals surface area contributed by atoms with Gasteiger partial charge in [-0.15, -0.1) is 0 Å². The van der Waals surface area contributed by atoms with E-state index in [2.05, 4.69) is 111 Å². The van der Waals surface area contributed by atoms with Gasteiger partial charge in [0.15, 0.2) is 0 Å². The number of para-hydroxylation sites is 3. The third kappa shape index (κ3) is 3.79. The van der Waals surface area contributed by atoms with Crippen molar-refractivity contribution in [1.82, 2.24) is 0 Å². The number of nitrogens with zero attached hydrogens (tertiary/aromatic N) is 2. The van der Waals surface area contributed by atoms with Crippen LogP contribution in [0.4, 0.5) is 5.69 Å². The van der Waals surface area contributed by atoms with Crippen molar-refractivity contribution in [2.45, 2.75) is 101 Å². The van der Waals surface area contributed by atoms with E-state index in [-0.39, 0.29) is 26.8 Å². The maximum absolute atomic E-state index is 7.46. The zero-order valence-corrected chi connectivity index (χ0v) is 28.8. The van der Waals surface area contributed by atoms with E-state index in [0.717, 1.165) is 30.0 Å². The van der Waals surface area contributed by atoms with Crippen LogP contribution in [0.1, 0.15) is 112 Å². The zero-order chi connectivity index (χ0) is 31.2. The van der Waals surface area contributed by atoms with E-state index in [4.69, 9.17) is 22.9 Å². The Morgan fingerprint density at radius 2 is 1.28 bits per heavy atom. The SMILES string of the molecule is CCCCOP123OC(C(C)(C)C)=C[N+]1(C=C(C(C)(C)C)O2)[B-]1(Oc2ccccc2O1)N3c1c(C(C)C)cccc1C(C)C. The minimum atomic E-state index is -4.40. The van der Waals surface area contributed by atoms with E-state index < -0.39 is 14.4 Å². The first-order valence-corrected chi connectivity index (χ1v) is 17.9. The van der Waals surface area contributed by atoms with E-state index in [1.807, 2.05) is 24.3 Å². The van der Waals surface area contributed by atoms with Gasteiger partial charge >= 0.3 is 259 Å². The van der Waals surface area contributed by atoms with Crippen molar-refractivity contribution in [3.63, 3.8) is 0 Å². The first-order chi connectivity index (χ1) is 20.1. The third-order valence-electron chi connectivity index (χ3n) is 9.20. The van der Waals surface area contributed by atoms with Crippen LogP contribution >= 0.6 is 7.59 Å². The van der Waals surface area contributed by atoms with Crippen molar-refractivity contribution < 1.29 is 27.0 Å². The summed E-state index contributed by atoms with van der Waals surface area (Å²) in [5.74, 6) is 3.52. The van der Waals surface area contributed by atoms with Gasteiger partial charge in [-0.2, -0.15) is 0 Å². The topological polar surface area (TPSA) is 49.4 Å². The number of hydrogen-bond acceptors (Lipinski definition) is 6. The third-order valence-corrected chi connectivity index (χ3v) is 13.7. The molecule has 43 heavy (non-hydrogen) atoms. The summed E-state index contributed by atoms with van der Waals surface area (Å²) in [6.07, 6.45) is 6.25. The Morgan fingerprint density at radius 1 is 0.791 bits per heavy atom. The van der Waals surface area contributed by atoms with Crippen molar-refractivity contribution in [3.05, 3.63) is 77.5 Å². The second kappa shape index (κ2) is 9.42. The van der Waals surface area contributed by atoms with Crippen LogP contribution in [0.3, 0.4) is 0 Å². The van der Waals surface area contributed by atoms with Crippen molar-refractivity contribution in [3.8, 4) is 11.5 Å². The molecule has 0 unspecified atom stereocenters.